The van der Waals surface area contributed by atoms with Crippen LogP contribution in [0.15, 0.2) is 0 Å². The lowest BCUT2D eigenvalue weighted by molar-refractivity contribution is -0.0781. The molecule has 3 saturated heterocycles. The zero-order valence-corrected chi connectivity index (χ0v) is 15.5. The van der Waals surface area contributed by atoms with Gasteiger partial charge in [-0.25, -0.2) is 0 Å². The monoisotopic (exact) mass is 307 g/mol. The molecule has 1 atom stereocenters. The van der Waals surface area contributed by atoms with Gasteiger partial charge in [-0.05, 0) is 64.0 Å². The summed E-state index contributed by atoms with van der Waals surface area (Å²) in [6.45, 7) is 21.2. The van der Waals surface area contributed by atoms with Crippen molar-refractivity contribution in [1.29, 1.82) is 0 Å². The van der Waals surface area contributed by atoms with Gasteiger partial charge >= 0.3 is 0 Å². The Hall–Kier alpha value is -0.120. The van der Waals surface area contributed by atoms with Gasteiger partial charge in [0, 0.05) is 44.8 Å². The number of rotatable bonds is 5. The predicted octanol–water partition coefficient (Wildman–Crippen LogP) is 2.77. The van der Waals surface area contributed by atoms with E-state index in [1.165, 1.54) is 58.7 Å². The summed E-state index contributed by atoms with van der Waals surface area (Å²) in [4.78, 5) is 8.08. The molecule has 3 heteroatoms. The fourth-order valence-electron chi connectivity index (χ4n) is 4.78. The lowest BCUT2D eigenvalue weighted by Crippen LogP contribution is -2.64. The molecule has 1 spiro atoms. The van der Waals surface area contributed by atoms with Gasteiger partial charge in [0.1, 0.15) is 0 Å². The molecule has 3 aliphatic rings. The first-order valence-corrected chi connectivity index (χ1v) is 9.59. The van der Waals surface area contributed by atoms with Gasteiger partial charge in [0.2, 0.25) is 0 Å². The largest absolute Gasteiger partial charge is 0.302 e. The molecule has 0 aliphatic carbocycles. The number of nitrogens with zero attached hydrogens (tertiary/aromatic N) is 3. The number of likely N-dealkylation sites (tertiary alicyclic amines) is 3. The summed E-state index contributed by atoms with van der Waals surface area (Å²) < 4.78 is 0. The molecule has 3 nitrogen and oxygen atoms in total. The molecule has 0 amide bonds. The third-order valence-corrected chi connectivity index (χ3v) is 6.53. The predicted molar refractivity (Wildman–Crippen MR) is 94.2 cm³/mol. The van der Waals surface area contributed by atoms with E-state index in [0.29, 0.717) is 5.41 Å². The summed E-state index contributed by atoms with van der Waals surface area (Å²) in [7, 11) is 0. The zero-order chi connectivity index (χ0) is 15.9. The Labute approximate surface area is 138 Å². The van der Waals surface area contributed by atoms with E-state index >= 15 is 0 Å². The van der Waals surface area contributed by atoms with Gasteiger partial charge in [-0.2, -0.15) is 0 Å². The fourth-order valence-corrected chi connectivity index (χ4v) is 4.78. The average Bonchev–Trinajstić information content (AvgIpc) is 2.38. The van der Waals surface area contributed by atoms with Crippen LogP contribution in [0, 0.1) is 17.3 Å². The maximum atomic E-state index is 2.79. The van der Waals surface area contributed by atoms with Crippen molar-refractivity contribution in [3.63, 3.8) is 0 Å². The van der Waals surface area contributed by atoms with Crippen LogP contribution >= 0.6 is 0 Å². The first kappa shape index (κ1) is 16.7. The minimum Gasteiger partial charge on any atom is -0.302 e. The Bertz CT molecular complexity index is 357. The lowest BCUT2D eigenvalue weighted by Gasteiger charge is -2.57. The van der Waals surface area contributed by atoms with E-state index < -0.39 is 0 Å². The van der Waals surface area contributed by atoms with Crippen LogP contribution < -0.4 is 0 Å². The van der Waals surface area contributed by atoms with E-state index in [-0.39, 0.29) is 0 Å². The smallest absolute Gasteiger partial charge is 0.0120 e. The fraction of sp³-hybridized carbons (Fsp3) is 1.00. The Morgan fingerprint density at radius 3 is 2.00 bits per heavy atom. The van der Waals surface area contributed by atoms with E-state index in [1.54, 1.807) is 0 Å². The highest BCUT2D eigenvalue weighted by Gasteiger charge is 2.46. The normalized spacial score (nSPS) is 29.0. The molecule has 1 unspecified atom stereocenters. The Balaban J connectivity index is 1.39. The summed E-state index contributed by atoms with van der Waals surface area (Å²) >= 11 is 0. The second kappa shape index (κ2) is 6.41. The first-order valence-electron chi connectivity index (χ1n) is 9.59. The highest BCUT2D eigenvalue weighted by atomic mass is 15.3. The maximum Gasteiger partial charge on any atom is 0.0120 e. The van der Waals surface area contributed by atoms with Crippen LogP contribution in [0.1, 0.15) is 47.5 Å². The highest BCUT2D eigenvalue weighted by molar-refractivity contribution is 5.00. The SMILES string of the molecule is CC(C)CN1CC(C(C)N2CCC3(CC2)CN(C(C)C)C3)C1. The summed E-state index contributed by atoms with van der Waals surface area (Å²) in [6.07, 6.45) is 2.87. The van der Waals surface area contributed by atoms with Crippen LogP contribution in [0.3, 0.4) is 0 Å². The van der Waals surface area contributed by atoms with Crippen molar-refractivity contribution in [1.82, 2.24) is 14.7 Å². The molecular formula is C19H37N3. The van der Waals surface area contributed by atoms with Crippen molar-refractivity contribution >= 4 is 0 Å². The first-order chi connectivity index (χ1) is 10.4. The maximum absolute atomic E-state index is 2.79. The van der Waals surface area contributed by atoms with Gasteiger partial charge in [0.15, 0.2) is 0 Å². The molecular weight excluding hydrogens is 270 g/mol. The van der Waals surface area contributed by atoms with Gasteiger partial charge in [-0.3, -0.25) is 4.90 Å². The molecule has 3 rings (SSSR count). The second-order valence-corrected chi connectivity index (χ2v) is 9.15. The molecule has 128 valence electrons. The van der Waals surface area contributed by atoms with Crippen LogP contribution in [0.25, 0.3) is 0 Å². The Kier molecular flexibility index (Phi) is 4.87. The van der Waals surface area contributed by atoms with Crippen LogP contribution in [0.2, 0.25) is 0 Å². The molecule has 3 heterocycles. The van der Waals surface area contributed by atoms with Gasteiger partial charge in [0.25, 0.3) is 0 Å². The minimum absolute atomic E-state index is 0.684. The van der Waals surface area contributed by atoms with Crippen molar-refractivity contribution in [2.75, 3.05) is 45.8 Å². The lowest BCUT2D eigenvalue weighted by atomic mass is 9.71. The van der Waals surface area contributed by atoms with Crippen molar-refractivity contribution in [2.45, 2.75) is 59.5 Å². The topological polar surface area (TPSA) is 9.72 Å². The molecule has 0 aromatic rings. The van der Waals surface area contributed by atoms with Gasteiger partial charge < -0.3 is 9.80 Å². The molecule has 3 aliphatic heterocycles. The quantitative estimate of drug-likeness (QED) is 0.773. The molecule has 0 bridgehead atoms. The van der Waals surface area contributed by atoms with E-state index in [9.17, 15) is 0 Å². The number of hydrogen-bond acceptors (Lipinski definition) is 3. The molecule has 0 aromatic heterocycles. The summed E-state index contributed by atoms with van der Waals surface area (Å²) in [6, 6.07) is 1.53. The van der Waals surface area contributed by atoms with Crippen LogP contribution in [0.5, 0.6) is 0 Å². The average molecular weight is 308 g/mol. The molecule has 0 aromatic carbocycles. The highest BCUT2D eigenvalue weighted by Crippen LogP contribution is 2.42. The molecule has 3 fully saturated rings. The van der Waals surface area contributed by atoms with Crippen LogP contribution in [-0.2, 0) is 0 Å². The van der Waals surface area contributed by atoms with Crippen molar-refractivity contribution in [3.8, 4) is 0 Å². The van der Waals surface area contributed by atoms with E-state index in [4.69, 9.17) is 0 Å². The van der Waals surface area contributed by atoms with Crippen molar-refractivity contribution in [3.05, 3.63) is 0 Å². The second-order valence-electron chi connectivity index (χ2n) is 9.15. The standard InChI is InChI=1S/C19H37N3/c1-15(2)10-20-11-18(12-20)17(5)21-8-6-19(7-9-21)13-22(14-19)16(3)4/h15-18H,6-14H2,1-5H3. The summed E-state index contributed by atoms with van der Waals surface area (Å²) in [5, 5.41) is 0. The van der Waals surface area contributed by atoms with Crippen LogP contribution in [0.4, 0.5) is 0 Å². The van der Waals surface area contributed by atoms with Gasteiger partial charge in [-0.1, -0.05) is 13.8 Å². The molecule has 0 N–H and O–H groups in total. The molecule has 22 heavy (non-hydrogen) atoms. The van der Waals surface area contributed by atoms with E-state index in [1.807, 2.05) is 0 Å². The van der Waals surface area contributed by atoms with Gasteiger partial charge in [-0.15, -0.1) is 0 Å². The number of piperidine rings is 1. The Morgan fingerprint density at radius 1 is 0.909 bits per heavy atom. The third kappa shape index (κ3) is 3.37. The molecule has 0 radical (unpaired) electrons. The van der Waals surface area contributed by atoms with Gasteiger partial charge in [0.05, 0.1) is 0 Å². The Morgan fingerprint density at radius 2 is 1.50 bits per heavy atom. The number of hydrogen-bond donors (Lipinski definition) is 0. The van der Waals surface area contributed by atoms with E-state index in [0.717, 1.165) is 23.9 Å². The van der Waals surface area contributed by atoms with Crippen molar-refractivity contribution < 1.29 is 0 Å². The van der Waals surface area contributed by atoms with Crippen molar-refractivity contribution in [2.24, 2.45) is 17.3 Å². The van der Waals surface area contributed by atoms with E-state index in [2.05, 4.69) is 49.3 Å². The van der Waals surface area contributed by atoms with Crippen LogP contribution in [-0.4, -0.2) is 72.6 Å². The zero-order valence-electron chi connectivity index (χ0n) is 15.5. The third-order valence-electron chi connectivity index (χ3n) is 6.53. The minimum atomic E-state index is 0.684. The molecule has 0 saturated carbocycles. The summed E-state index contributed by atoms with van der Waals surface area (Å²) in [5.41, 5.74) is 0.684. The summed E-state index contributed by atoms with van der Waals surface area (Å²) in [5.74, 6) is 1.73.